The van der Waals surface area contributed by atoms with E-state index in [4.69, 9.17) is 4.74 Å². The number of rotatable bonds is 6. The highest BCUT2D eigenvalue weighted by molar-refractivity contribution is 7.90. The largest absolute Gasteiger partial charge is 0.504 e. The molecule has 0 aliphatic carbocycles. The highest BCUT2D eigenvalue weighted by Gasteiger charge is 2.34. The van der Waals surface area contributed by atoms with Crippen molar-refractivity contribution in [1.29, 1.82) is 0 Å². The van der Waals surface area contributed by atoms with Crippen LogP contribution in [0.2, 0.25) is 0 Å². The van der Waals surface area contributed by atoms with E-state index in [2.05, 4.69) is 5.10 Å². The van der Waals surface area contributed by atoms with Crippen molar-refractivity contribution in [2.75, 3.05) is 13.2 Å². The maximum absolute atomic E-state index is 14.3. The molecule has 0 spiro atoms. The van der Waals surface area contributed by atoms with E-state index in [-0.39, 0.29) is 43.3 Å². The monoisotopic (exact) mass is 661 g/mol. The van der Waals surface area contributed by atoms with Crippen molar-refractivity contribution in [3.63, 3.8) is 0 Å². The minimum atomic E-state index is -4.87. The number of halogens is 3. The van der Waals surface area contributed by atoms with Crippen LogP contribution >= 0.6 is 0 Å². The normalized spacial score (nSPS) is 14.1. The Morgan fingerprint density at radius 3 is 2.19 bits per heavy atom. The molecule has 14 heteroatoms. The molecular weight excluding hydrogens is 635 g/mol. The molecule has 240 valence electrons. The lowest BCUT2D eigenvalue weighted by molar-refractivity contribution is -0.212. The summed E-state index contributed by atoms with van der Waals surface area (Å²) in [6.07, 6.45) is -0.104. The molecule has 0 bridgehead atoms. The van der Waals surface area contributed by atoms with Gasteiger partial charge in [0, 0.05) is 53.8 Å². The molecule has 5 heterocycles. The number of nitrogens with zero attached hydrogens (tertiary/aromatic N) is 5. The second-order valence-electron chi connectivity index (χ2n) is 11.4. The van der Waals surface area contributed by atoms with Gasteiger partial charge in [-0.25, -0.2) is 12.4 Å². The van der Waals surface area contributed by atoms with Crippen molar-refractivity contribution in [2.45, 2.75) is 24.2 Å². The molecule has 1 aliphatic rings. The molecule has 47 heavy (non-hydrogen) atoms. The van der Waals surface area contributed by atoms with Crippen LogP contribution in [0.4, 0.5) is 13.2 Å². The number of fused-ring (bicyclic) bond motifs is 1. The van der Waals surface area contributed by atoms with Gasteiger partial charge in [0.15, 0.2) is 0 Å². The van der Waals surface area contributed by atoms with E-state index in [0.29, 0.717) is 36.1 Å². The predicted molar refractivity (Wildman–Crippen MR) is 168 cm³/mol. The number of pyridine rings is 2. The predicted octanol–water partition coefficient (Wildman–Crippen LogP) is 5.29. The summed E-state index contributed by atoms with van der Waals surface area (Å²) in [5, 5.41) is 3.54. The molecule has 0 saturated carbocycles. The minimum Gasteiger partial charge on any atom is -0.377 e. The summed E-state index contributed by atoms with van der Waals surface area (Å²) in [6.45, 7) is 2.51. The molecule has 2 aromatic carbocycles. The third-order valence-corrected chi connectivity index (χ3v) is 9.99. The number of ether oxygens (including phenoxy) is 1. The van der Waals surface area contributed by atoms with E-state index in [1.807, 2.05) is 30.3 Å². The van der Waals surface area contributed by atoms with E-state index in [1.165, 1.54) is 42.1 Å². The Hall–Kier alpha value is -5.21. The Balaban J connectivity index is 1.59. The standard InChI is InChI=1S/C33H26F3N5O5S/c1-20-8-10-24(11-9-20)47(44,45)41-29(22-14-37-40(15-22)33(34,35)36)12-26-28(16-38(2)32(43)31(26)41)25-13-30(42)39(23-18-46-19-23)17-27(25)21-6-4-3-5-7-21/h3-17,23H,18-19H2,1-2H3. The lowest BCUT2D eigenvalue weighted by Crippen LogP contribution is -2.37. The first-order valence-corrected chi connectivity index (χ1v) is 15.9. The fourth-order valence-electron chi connectivity index (χ4n) is 5.75. The number of aromatic nitrogens is 5. The zero-order valence-corrected chi connectivity index (χ0v) is 25.8. The number of hydrogen-bond donors (Lipinski definition) is 0. The third kappa shape index (κ3) is 5.09. The summed E-state index contributed by atoms with van der Waals surface area (Å²) in [6, 6.07) is 17.7. The van der Waals surface area contributed by atoms with Crippen LogP contribution in [0, 0.1) is 6.92 Å². The van der Waals surface area contributed by atoms with Crippen LogP contribution in [-0.2, 0) is 28.1 Å². The molecule has 10 nitrogen and oxygen atoms in total. The molecule has 6 aromatic rings. The summed E-state index contributed by atoms with van der Waals surface area (Å²) >= 11 is 0. The zero-order chi connectivity index (χ0) is 33.2. The average molecular weight is 662 g/mol. The Morgan fingerprint density at radius 2 is 1.57 bits per heavy atom. The number of benzene rings is 2. The van der Waals surface area contributed by atoms with Gasteiger partial charge >= 0.3 is 6.30 Å². The molecule has 0 atom stereocenters. The minimum absolute atomic E-state index is 0.125. The van der Waals surface area contributed by atoms with Crippen molar-refractivity contribution < 1.29 is 26.3 Å². The molecule has 0 amide bonds. The van der Waals surface area contributed by atoms with Gasteiger partial charge < -0.3 is 13.9 Å². The van der Waals surface area contributed by atoms with Gasteiger partial charge in [-0.05, 0) is 36.2 Å². The van der Waals surface area contributed by atoms with Crippen LogP contribution in [0.5, 0.6) is 0 Å². The van der Waals surface area contributed by atoms with E-state index in [0.717, 1.165) is 21.3 Å². The van der Waals surface area contributed by atoms with Gasteiger partial charge in [-0.3, -0.25) is 9.59 Å². The van der Waals surface area contributed by atoms with Gasteiger partial charge in [-0.15, -0.1) is 13.2 Å². The molecule has 0 N–H and O–H groups in total. The first kappa shape index (κ1) is 30.4. The van der Waals surface area contributed by atoms with Crippen LogP contribution in [0.1, 0.15) is 11.6 Å². The lowest BCUT2D eigenvalue weighted by Gasteiger charge is -2.29. The summed E-state index contributed by atoms with van der Waals surface area (Å²) in [4.78, 5) is 27.2. The smallest absolute Gasteiger partial charge is 0.377 e. The summed E-state index contributed by atoms with van der Waals surface area (Å²) < 4.78 is 78.1. The van der Waals surface area contributed by atoms with Crippen molar-refractivity contribution in [1.82, 2.24) is 22.9 Å². The van der Waals surface area contributed by atoms with E-state index < -0.39 is 21.9 Å². The molecule has 4 aromatic heterocycles. The Bertz CT molecular complexity index is 2400. The van der Waals surface area contributed by atoms with Gasteiger partial charge in [0.05, 0.1) is 36.0 Å². The fraction of sp³-hybridized carbons (Fsp3) is 0.182. The fourth-order valence-corrected chi connectivity index (χ4v) is 7.28. The SMILES string of the molecule is Cc1ccc(S(=O)(=O)n2c(-c3cnn(C(F)(F)F)c3)cc3c(-c4cc(=O)n(C5COC5)cc4-c4ccccc4)cn(C)c(=O)c32)cc1. The maximum Gasteiger partial charge on any atom is 0.504 e. The Morgan fingerprint density at radius 1 is 0.872 bits per heavy atom. The number of hydrogen-bond acceptors (Lipinski definition) is 6. The molecule has 1 saturated heterocycles. The van der Waals surface area contributed by atoms with Crippen molar-refractivity contribution in [3.05, 3.63) is 118 Å². The average Bonchev–Trinajstić information content (AvgIpc) is 3.66. The van der Waals surface area contributed by atoms with Gasteiger partial charge in [0.1, 0.15) is 5.52 Å². The van der Waals surface area contributed by atoms with E-state index in [1.54, 1.807) is 29.8 Å². The summed E-state index contributed by atoms with van der Waals surface area (Å²) in [7, 11) is -3.12. The molecule has 7 rings (SSSR count). The lowest BCUT2D eigenvalue weighted by atomic mass is 9.95. The van der Waals surface area contributed by atoms with E-state index in [9.17, 15) is 31.2 Å². The van der Waals surface area contributed by atoms with Crippen LogP contribution < -0.4 is 11.1 Å². The molecule has 1 aliphatic heterocycles. The van der Waals surface area contributed by atoms with Crippen LogP contribution in [-0.4, -0.2) is 44.5 Å². The van der Waals surface area contributed by atoms with Gasteiger partial charge in [-0.1, -0.05) is 48.0 Å². The zero-order valence-electron chi connectivity index (χ0n) is 25.0. The summed E-state index contributed by atoms with van der Waals surface area (Å²) in [5.74, 6) is 0. The Labute approximate surface area is 265 Å². The maximum atomic E-state index is 14.3. The highest BCUT2D eigenvalue weighted by atomic mass is 32.2. The van der Waals surface area contributed by atoms with Gasteiger partial charge in [0.25, 0.3) is 21.1 Å². The molecular formula is C33H26F3N5O5S. The van der Waals surface area contributed by atoms with Gasteiger partial charge in [0.2, 0.25) is 0 Å². The quantitative estimate of drug-likeness (QED) is 0.240. The topological polar surface area (TPSA) is 110 Å². The van der Waals surface area contributed by atoms with E-state index >= 15 is 0 Å². The highest BCUT2D eigenvalue weighted by Crippen LogP contribution is 2.40. The first-order valence-electron chi connectivity index (χ1n) is 14.4. The van der Waals surface area contributed by atoms with Crippen LogP contribution in [0.25, 0.3) is 44.4 Å². The van der Waals surface area contributed by atoms with Crippen molar-refractivity contribution >= 4 is 20.9 Å². The third-order valence-electron chi connectivity index (χ3n) is 8.26. The number of aryl methyl sites for hydroxylation is 2. The molecule has 1 fully saturated rings. The summed E-state index contributed by atoms with van der Waals surface area (Å²) in [5.41, 5.74) is 1.14. The second-order valence-corrected chi connectivity index (χ2v) is 13.2. The Kier molecular flexibility index (Phi) is 7.09. The first-order chi connectivity index (χ1) is 22.3. The number of alkyl halides is 3. The van der Waals surface area contributed by atoms with Crippen LogP contribution in [0.15, 0.2) is 106 Å². The van der Waals surface area contributed by atoms with Gasteiger partial charge in [-0.2, -0.15) is 9.78 Å². The molecule has 0 radical (unpaired) electrons. The second kappa shape index (κ2) is 11.0. The molecule has 0 unspecified atom stereocenters. The van der Waals surface area contributed by atoms with Crippen LogP contribution in [0.3, 0.4) is 0 Å². The van der Waals surface area contributed by atoms with Crippen molar-refractivity contribution in [2.24, 2.45) is 7.05 Å². The van der Waals surface area contributed by atoms with Crippen molar-refractivity contribution in [3.8, 4) is 33.5 Å².